The smallest absolute Gasteiger partial charge is 0.242 e. The van der Waals surface area contributed by atoms with Crippen molar-refractivity contribution < 1.29 is 4.79 Å². The van der Waals surface area contributed by atoms with Crippen molar-refractivity contribution in [3.05, 3.63) is 5.69 Å². The summed E-state index contributed by atoms with van der Waals surface area (Å²) in [6, 6.07) is -0.201. The maximum absolute atomic E-state index is 11.7. The number of amides is 1. The molecule has 0 aliphatic carbocycles. The van der Waals surface area contributed by atoms with E-state index in [-0.39, 0.29) is 11.9 Å². The third-order valence-corrected chi connectivity index (χ3v) is 3.22. The molecule has 1 aromatic rings. The predicted molar refractivity (Wildman–Crippen MR) is 66.9 cm³/mol. The molecular weight excluding hydrogens is 218 g/mol. The molecule has 2 heterocycles. The fourth-order valence-electron chi connectivity index (χ4n) is 2.18. The van der Waals surface area contributed by atoms with Gasteiger partial charge in [-0.2, -0.15) is 5.10 Å². The predicted octanol–water partition coefficient (Wildman–Crippen LogP) is 0.118. The highest BCUT2D eigenvalue weighted by atomic mass is 16.2. The first-order valence-corrected chi connectivity index (χ1v) is 5.93. The molecule has 6 nitrogen and oxygen atoms in total. The van der Waals surface area contributed by atoms with Gasteiger partial charge < -0.3 is 16.0 Å². The van der Waals surface area contributed by atoms with Gasteiger partial charge in [-0.15, -0.1) is 0 Å². The molecule has 3 N–H and O–H groups in total. The van der Waals surface area contributed by atoms with Crippen molar-refractivity contribution in [2.45, 2.75) is 33.4 Å². The van der Waals surface area contributed by atoms with Gasteiger partial charge in [0.1, 0.15) is 6.04 Å². The number of hydrogen-bond acceptors (Lipinski definition) is 4. The monoisotopic (exact) mass is 237 g/mol. The fraction of sp³-hybridized carbons (Fsp3) is 0.636. The average Bonchev–Trinajstić information content (AvgIpc) is 2.59. The van der Waals surface area contributed by atoms with E-state index in [1.807, 2.05) is 30.4 Å². The van der Waals surface area contributed by atoms with Crippen LogP contribution in [0.1, 0.15) is 19.5 Å². The Balaban J connectivity index is 2.41. The topological polar surface area (TPSA) is 76.2 Å². The van der Waals surface area contributed by atoms with Gasteiger partial charge in [0.05, 0.1) is 11.4 Å². The van der Waals surface area contributed by atoms with Crippen LogP contribution >= 0.6 is 0 Å². The summed E-state index contributed by atoms with van der Waals surface area (Å²) in [7, 11) is 0. The van der Waals surface area contributed by atoms with Crippen LogP contribution in [0.25, 0.3) is 0 Å². The van der Waals surface area contributed by atoms with Gasteiger partial charge in [0, 0.05) is 19.6 Å². The Bertz CT molecular complexity index is 439. The molecule has 1 atom stereocenters. The van der Waals surface area contributed by atoms with Gasteiger partial charge in [-0.25, -0.2) is 4.68 Å². The summed E-state index contributed by atoms with van der Waals surface area (Å²) >= 11 is 0. The molecule has 1 fully saturated rings. The van der Waals surface area contributed by atoms with Crippen molar-refractivity contribution in [2.24, 2.45) is 0 Å². The van der Waals surface area contributed by atoms with Crippen molar-refractivity contribution in [3.8, 4) is 0 Å². The van der Waals surface area contributed by atoms with Crippen LogP contribution in [-0.2, 0) is 11.3 Å². The second-order valence-corrected chi connectivity index (χ2v) is 4.30. The highest BCUT2D eigenvalue weighted by Gasteiger charge is 2.29. The first-order valence-electron chi connectivity index (χ1n) is 5.93. The third-order valence-electron chi connectivity index (χ3n) is 3.22. The van der Waals surface area contributed by atoms with Crippen molar-refractivity contribution in [1.29, 1.82) is 0 Å². The quantitative estimate of drug-likeness (QED) is 0.766. The number of anilines is 2. The number of nitrogen functional groups attached to an aromatic ring is 1. The van der Waals surface area contributed by atoms with E-state index in [1.165, 1.54) is 0 Å². The van der Waals surface area contributed by atoms with E-state index in [0.29, 0.717) is 12.2 Å². The minimum Gasteiger partial charge on any atom is -0.394 e. The lowest BCUT2D eigenvalue weighted by Crippen LogP contribution is -2.54. The summed E-state index contributed by atoms with van der Waals surface area (Å²) in [5.74, 6) is 0.907. The van der Waals surface area contributed by atoms with Gasteiger partial charge >= 0.3 is 0 Å². The summed E-state index contributed by atoms with van der Waals surface area (Å²) in [5, 5.41) is 7.23. The molecule has 1 amide bonds. The largest absolute Gasteiger partial charge is 0.394 e. The van der Waals surface area contributed by atoms with Crippen molar-refractivity contribution in [3.63, 3.8) is 0 Å². The zero-order valence-electron chi connectivity index (χ0n) is 10.5. The summed E-state index contributed by atoms with van der Waals surface area (Å²) < 4.78 is 1.86. The number of piperazine rings is 1. The van der Waals surface area contributed by atoms with Crippen LogP contribution in [0.15, 0.2) is 0 Å². The number of carbonyl (C=O) groups excluding carboxylic acids is 1. The average molecular weight is 237 g/mol. The molecule has 1 unspecified atom stereocenters. The van der Waals surface area contributed by atoms with Crippen LogP contribution in [0.3, 0.4) is 0 Å². The van der Waals surface area contributed by atoms with Crippen molar-refractivity contribution in [1.82, 2.24) is 15.1 Å². The number of nitrogens with two attached hydrogens (primary N) is 1. The van der Waals surface area contributed by atoms with E-state index in [9.17, 15) is 4.79 Å². The van der Waals surface area contributed by atoms with Gasteiger partial charge in [0.25, 0.3) is 0 Å². The van der Waals surface area contributed by atoms with E-state index in [2.05, 4.69) is 10.4 Å². The summed E-state index contributed by atoms with van der Waals surface area (Å²) in [6.07, 6.45) is 0. The Morgan fingerprint density at radius 2 is 2.29 bits per heavy atom. The first-order chi connectivity index (χ1) is 8.06. The Hall–Kier alpha value is -1.72. The molecule has 1 aromatic heterocycles. The lowest BCUT2D eigenvalue weighted by molar-refractivity contribution is -0.122. The zero-order chi connectivity index (χ0) is 12.6. The van der Waals surface area contributed by atoms with Crippen LogP contribution in [0.5, 0.6) is 0 Å². The van der Waals surface area contributed by atoms with Crippen LogP contribution in [0.4, 0.5) is 11.5 Å². The zero-order valence-corrected chi connectivity index (χ0v) is 10.5. The molecular formula is C11H19N5O. The van der Waals surface area contributed by atoms with E-state index >= 15 is 0 Å². The third kappa shape index (κ3) is 1.83. The Morgan fingerprint density at radius 1 is 1.59 bits per heavy atom. The summed E-state index contributed by atoms with van der Waals surface area (Å²) in [6.45, 7) is 7.96. The molecule has 1 saturated heterocycles. The standard InChI is InChI=1S/C11H19N5O/c1-4-16-11(9(12)7(2)14-16)15-6-5-13-10(17)8(15)3/h8H,4-6,12H2,1-3H3,(H,13,17). The number of aromatic nitrogens is 2. The maximum Gasteiger partial charge on any atom is 0.242 e. The van der Waals surface area contributed by atoms with Gasteiger partial charge in [0.2, 0.25) is 5.91 Å². The number of nitrogens with zero attached hydrogens (tertiary/aromatic N) is 3. The molecule has 1 aliphatic rings. The highest BCUT2D eigenvalue weighted by molar-refractivity contribution is 5.87. The van der Waals surface area contributed by atoms with Crippen molar-refractivity contribution in [2.75, 3.05) is 23.7 Å². The molecule has 1 aliphatic heterocycles. The molecule has 0 saturated carbocycles. The number of nitrogens with one attached hydrogen (secondary N) is 1. The molecule has 0 spiro atoms. The fourth-order valence-corrected chi connectivity index (χ4v) is 2.18. The maximum atomic E-state index is 11.7. The van der Waals surface area contributed by atoms with E-state index in [1.54, 1.807) is 0 Å². The minimum absolute atomic E-state index is 0.0390. The summed E-state index contributed by atoms with van der Waals surface area (Å²) in [5.41, 5.74) is 7.55. The van der Waals surface area contributed by atoms with Gasteiger partial charge in [0.15, 0.2) is 5.82 Å². The van der Waals surface area contributed by atoms with Crippen LogP contribution < -0.4 is 16.0 Å². The van der Waals surface area contributed by atoms with Gasteiger partial charge in [-0.3, -0.25) is 4.79 Å². The Kier molecular flexibility index (Phi) is 2.95. The highest BCUT2D eigenvalue weighted by Crippen LogP contribution is 2.28. The van der Waals surface area contributed by atoms with E-state index < -0.39 is 0 Å². The van der Waals surface area contributed by atoms with Gasteiger partial charge in [-0.05, 0) is 20.8 Å². The molecule has 94 valence electrons. The minimum atomic E-state index is -0.201. The Morgan fingerprint density at radius 3 is 2.94 bits per heavy atom. The number of carbonyl (C=O) groups is 1. The molecule has 17 heavy (non-hydrogen) atoms. The lowest BCUT2D eigenvalue weighted by atomic mass is 10.2. The second-order valence-electron chi connectivity index (χ2n) is 4.30. The van der Waals surface area contributed by atoms with E-state index in [4.69, 9.17) is 5.73 Å². The number of aryl methyl sites for hydroxylation is 2. The number of hydrogen-bond donors (Lipinski definition) is 2. The summed E-state index contributed by atoms with van der Waals surface area (Å²) in [4.78, 5) is 13.7. The number of rotatable bonds is 2. The molecule has 6 heteroatoms. The second kappa shape index (κ2) is 4.27. The van der Waals surface area contributed by atoms with Crippen LogP contribution in [0.2, 0.25) is 0 Å². The molecule has 0 radical (unpaired) electrons. The molecule has 2 rings (SSSR count). The molecule has 0 bridgehead atoms. The Labute approximate surface area is 101 Å². The van der Waals surface area contributed by atoms with E-state index in [0.717, 1.165) is 24.6 Å². The lowest BCUT2D eigenvalue weighted by Gasteiger charge is -2.34. The van der Waals surface area contributed by atoms with Crippen molar-refractivity contribution >= 4 is 17.4 Å². The van der Waals surface area contributed by atoms with Gasteiger partial charge in [-0.1, -0.05) is 0 Å². The molecule has 0 aromatic carbocycles. The first kappa shape index (κ1) is 11.8. The SMILES string of the molecule is CCn1nc(C)c(N)c1N1CCNC(=O)C1C. The van der Waals surface area contributed by atoms with Crippen LogP contribution in [0, 0.1) is 6.92 Å². The normalized spacial score (nSPS) is 20.5. The van der Waals surface area contributed by atoms with Crippen LogP contribution in [-0.4, -0.2) is 34.8 Å².